The monoisotopic (exact) mass is 420 g/mol. The van der Waals surface area contributed by atoms with Gasteiger partial charge in [-0.15, -0.1) is 0 Å². The molecule has 1 saturated heterocycles. The summed E-state index contributed by atoms with van der Waals surface area (Å²) in [5.74, 6) is -0.160. The number of aromatic nitrogens is 1. The molecule has 31 heavy (non-hydrogen) atoms. The lowest BCUT2D eigenvalue weighted by molar-refractivity contribution is -0.126. The van der Waals surface area contributed by atoms with E-state index < -0.39 is 5.91 Å². The lowest BCUT2D eigenvalue weighted by Gasteiger charge is -2.35. The normalized spacial score (nSPS) is 14.6. The number of amides is 2. The number of anilines is 1. The maximum Gasteiger partial charge on any atom is 0.267 e. The van der Waals surface area contributed by atoms with Crippen LogP contribution < -0.4 is 10.4 Å². The summed E-state index contributed by atoms with van der Waals surface area (Å²) in [6, 6.07) is 14.0. The van der Waals surface area contributed by atoms with Crippen LogP contribution in [0, 0.1) is 0 Å². The van der Waals surface area contributed by atoms with E-state index >= 15 is 0 Å². The Kier molecular flexibility index (Phi) is 7.56. The van der Waals surface area contributed by atoms with Gasteiger partial charge in [-0.3, -0.25) is 14.8 Å². The van der Waals surface area contributed by atoms with E-state index in [1.165, 1.54) is 35.0 Å². The molecule has 2 aromatic rings. The maximum atomic E-state index is 12.6. The molecule has 1 aliphatic rings. The highest BCUT2D eigenvalue weighted by Gasteiger charge is 2.19. The van der Waals surface area contributed by atoms with Crippen LogP contribution in [0.1, 0.15) is 36.7 Å². The summed E-state index contributed by atoms with van der Waals surface area (Å²) in [5, 5.41) is 8.52. The summed E-state index contributed by atoms with van der Waals surface area (Å²) in [4.78, 5) is 32.1. The minimum Gasteiger partial charge on any atom is -0.368 e. The number of hydrogen-bond acceptors (Lipinski definition) is 5. The number of nitrogens with zero attached hydrogens (tertiary/aromatic N) is 3. The topological polar surface area (TPSA) is 85.8 Å². The number of benzene rings is 1. The third-order valence-electron chi connectivity index (χ3n) is 5.22. The Hall–Kier alpha value is -3.45. The number of nitrogens with one attached hydrogen (secondary N) is 1. The summed E-state index contributed by atoms with van der Waals surface area (Å²) in [5.41, 5.74) is 5.21. The van der Waals surface area contributed by atoms with Crippen molar-refractivity contribution in [1.82, 2.24) is 15.4 Å². The van der Waals surface area contributed by atoms with Gasteiger partial charge < -0.3 is 9.80 Å². The summed E-state index contributed by atoms with van der Waals surface area (Å²) in [6.07, 6.45) is 5.86. The van der Waals surface area contributed by atoms with Gasteiger partial charge in [0, 0.05) is 44.0 Å². The van der Waals surface area contributed by atoms with E-state index in [-0.39, 0.29) is 5.91 Å². The number of rotatable bonds is 6. The molecular formula is C24H28N4O3. The van der Waals surface area contributed by atoms with Crippen LogP contribution in [0.5, 0.6) is 0 Å². The lowest BCUT2D eigenvalue weighted by Crippen LogP contribution is -2.48. The maximum absolute atomic E-state index is 12.6. The molecular weight excluding hydrogens is 392 g/mol. The average Bonchev–Trinajstić information content (AvgIpc) is 2.81. The predicted octanol–water partition coefficient (Wildman–Crippen LogP) is 3.09. The molecule has 0 bridgehead atoms. The van der Waals surface area contributed by atoms with Crippen LogP contribution in [-0.2, 0) is 9.59 Å². The Morgan fingerprint density at radius 3 is 2.16 bits per heavy atom. The zero-order chi connectivity index (χ0) is 22.2. The van der Waals surface area contributed by atoms with E-state index in [0.717, 1.165) is 13.1 Å². The van der Waals surface area contributed by atoms with Crippen molar-refractivity contribution in [3.05, 3.63) is 71.6 Å². The molecule has 2 amide bonds. The second kappa shape index (κ2) is 10.5. The Morgan fingerprint density at radius 2 is 1.58 bits per heavy atom. The Balaban J connectivity index is 1.54. The quantitative estimate of drug-likeness (QED) is 0.426. The van der Waals surface area contributed by atoms with E-state index in [2.05, 4.69) is 48.0 Å². The van der Waals surface area contributed by atoms with Crippen LogP contribution in [0.3, 0.4) is 0 Å². The standard InChI is InChI=1S/C24H28N4O3/c1-18(2)19-6-10-22(11-7-19)27-14-16-28(17-15-27)24(30)13-9-21-5-3-4-20(25-21)8-12-23(29)26-31/h3-13,18,31H,14-17H2,1-2H3,(H,26,29)/b12-8+,13-9+. The van der Waals surface area contributed by atoms with Gasteiger partial charge in [-0.05, 0) is 47.9 Å². The molecule has 3 rings (SSSR count). The highest BCUT2D eigenvalue weighted by Crippen LogP contribution is 2.21. The summed E-state index contributed by atoms with van der Waals surface area (Å²) in [6.45, 7) is 7.30. The molecule has 1 aliphatic heterocycles. The second-order valence-corrected chi connectivity index (χ2v) is 7.69. The molecule has 2 heterocycles. The second-order valence-electron chi connectivity index (χ2n) is 7.69. The largest absolute Gasteiger partial charge is 0.368 e. The van der Waals surface area contributed by atoms with Gasteiger partial charge in [0.1, 0.15) is 0 Å². The Morgan fingerprint density at radius 1 is 0.968 bits per heavy atom. The fourth-order valence-corrected chi connectivity index (χ4v) is 3.37. The van der Waals surface area contributed by atoms with Crippen LogP contribution >= 0.6 is 0 Å². The lowest BCUT2D eigenvalue weighted by atomic mass is 10.0. The van der Waals surface area contributed by atoms with Crippen molar-refractivity contribution < 1.29 is 14.8 Å². The van der Waals surface area contributed by atoms with Crippen LogP contribution in [0.15, 0.2) is 54.6 Å². The van der Waals surface area contributed by atoms with Crippen molar-refractivity contribution in [3.63, 3.8) is 0 Å². The zero-order valence-electron chi connectivity index (χ0n) is 17.9. The van der Waals surface area contributed by atoms with Gasteiger partial charge in [0.2, 0.25) is 5.91 Å². The number of pyridine rings is 1. The van der Waals surface area contributed by atoms with Crippen molar-refractivity contribution >= 4 is 29.7 Å². The third-order valence-corrected chi connectivity index (χ3v) is 5.22. The van der Waals surface area contributed by atoms with Crippen LogP contribution in [-0.4, -0.2) is 53.1 Å². The highest BCUT2D eigenvalue weighted by atomic mass is 16.5. The number of carbonyl (C=O) groups excluding carboxylic acids is 2. The number of carbonyl (C=O) groups is 2. The first-order valence-electron chi connectivity index (χ1n) is 10.4. The Labute approximate surface area is 182 Å². The summed E-state index contributed by atoms with van der Waals surface area (Å²) >= 11 is 0. The summed E-state index contributed by atoms with van der Waals surface area (Å²) in [7, 11) is 0. The van der Waals surface area contributed by atoms with Crippen molar-refractivity contribution in [1.29, 1.82) is 0 Å². The first-order valence-corrected chi connectivity index (χ1v) is 10.4. The first-order chi connectivity index (χ1) is 15.0. The van der Waals surface area contributed by atoms with Crippen LogP contribution in [0.4, 0.5) is 5.69 Å². The van der Waals surface area contributed by atoms with Gasteiger partial charge >= 0.3 is 0 Å². The van der Waals surface area contributed by atoms with Gasteiger partial charge in [-0.2, -0.15) is 0 Å². The van der Waals surface area contributed by atoms with Crippen molar-refractivity contribution in [2.75, 3.05) is 31.1 Å². The van der Waals surface area contributed by atoms with E-state index in [9.17, 15) is 9.59 Å². The molecule has 1 fully saturated rings. The highest BCUT2D eigenvalue weighted by molar-refractivity contribution is 5.92. The van der Waals surface area contributed by atoms with Gasteiger partial charge in [0.25, 0.3) is 5.91 Å². The van der Waals surface area contributed by atoms with Gasteiger partial charge in [0.05, 0.1) is 11.4 Å². The molecule has 0 atom stereocenters. The predicted molar refractivity (Wildman–Crippen MR) is 122 cm³/mol. The van der Waals surface area contributed by atoms with E-state index in [1.54, 1.807) is 24.3 Å². The molecule has 0 radical (unpaired) electrons. The van der Waals surface area contributed by atoms with Crippen molar-refractivity contribution in [2.24, 2.45) is 0 Å². The van der Waals surface area contributed by atoms with E-state index in [0.29, 0.717) is 30.4 Å². The van der Waals surface area contributed by atoms with E-state index in [1.807, 2.05) is 4.90 Å². The van der Waals surface area contributed by atoms with Gasteiger partial charge in [-0.1, -0.05) is 32.0 Å². The smallest absolute Gasteiger partial charge is 0.267 e. The SMILES string of the molecule is CC(C)c1ccc(N2CCN(C(=O)/C=C/c3cccc(/C=C/C(=O)NO)n3)CC2)cc1. The zero-order valence-corrected chi connectivity index (χ0v) is 17.9. The molecule has 0 unspecified atom stereocenters. The molecule has 1 aromatic carbocycles. The van der Waals surface area contributed by atoms with E-state index in [4.69, 9.17) is 5.21 Å². The first kappa shape index (κ1) is 22.2. The van der Waals surface area contributed by atoms with Crippen LogP contribution in [0.25, 0.3) is 12.2 Å². The fraction of sp³-hybridized carbons (Fsp3) is 0.292. The fourth-order valence-electron chi connectivity index (χ4n) is 3.37. The minimum absolute atomic E-state index is 0.0443. The number of hydroxylamine groups is 1. The Bertz CT molecular complexity index is 959. The third kappa shape index (κ3) is 6.26. The molecule has 0 aliphatic carbocycles. The molecule has 0 saturated carbocycles. The molecule has 0 spiro atoms. The molecule has 7 heteroatoms. The summed E-state index contributed by atoms with van der Waals surface area (Å²) < 4.78 is 0. The van der Waals surface area contributed by atoms with Gasteiger partial charge in [-0.25, -0.2) is 10.5 Å². The molecule has 2 N–H and O–H groups in total. The molecule has 162 valence electrons. The van der Waals surface area contributed by atoms with Gasteiger partial charge in [0.15, 0.2) is 0 Å². The van der Waals surface area contributed by atoms with Crippen molar-refractivity contribution in [3.8, 4) is 0 Å². The number of hydrogen-bond donors (Lipinski definition) is 2. The average molecular weight is 421 g/mol. The van der Waals surface area contributed by atoms with Crippen molar-refractivity contribution in [2.45, 2.75) is 19.8 Å². The number of piperazine rings is 1. The van der Waals surface area contributed by atoms with Crippen LogP contribution in [0.2, 0.25) is 0 Å². The molecule has 1 aromatic heterocycles. The molecule has 7 nitrogen and oxygen atoms in total. The minimum atomic E-state index is -0.632.